The molecule has 0 atom stereocenters. The second-order valence-corrected chi connectivity index (χ2v) is 7.51. The average Bonchev–Trinajstić information content (AvgIpc) is 2.64. The summed E-state index contributed by atoms with van der Waals surface area (Å²) in [5, 5.41) is 2.88. The van der Waals surface area contributed by atoms with E-state index in [1.807, 2.05) is 30.0 Å². The molecule has 0 aliphatic carbocycles. The van der Waals surface area contributed by atoms with Crippen molar-refractivity contribution in [3.05, 3.63) is 62.7 Å². The number of carbonyl (C=O) groups is 2. The maximum Gasteiger partial charge on any atom is 0.255 e. The lowest BCUT2D eigenvalue weighted by molar-refractivity contribution is 0.0724. The summed E-state index contributed by atoms with van der Waals surface area (Å²) in [6.45, 7) is 3.69. The Morgan fingerprint density at radius 3 is 2.24 bits per heavy atom. The van der Waals surface area contributed by atoms with Gasteiger partial charge in [0.05, 0.1) is 0 Å². The predicted molar refractivity (Wildman–Crippen MR) is 108 cm³/mol. The van der Waals surface area contributed by atoms with Crippen molar-refractivity contribution >= 4 is 40.1 Å². The van der Waals surface area contributed by atoms with Gasteiger partial charge in [0.15, 0.2) is 0 Å². The van der Waals surface area contributed by atoms with Crippen molar-refractivity contribution in [2.24, 2.45) is 0 Å². The molecule has 130 valence electrons. The van der Waals surface area contributed by atoms with Crippen LogP contribution in [0.1, 0.15) is 45.5 Å². The molecule has 2 amide bonds. The molecule has 1 aliphatic heterocycles. The van der Waals surface area contributed by atoms with Crippen LogP contribution in [0.4, 0.5) is 5.69 Å². The third-order valence-corrected chi connectivity index (χ3v) is 5.63. The molecule has 2 aromatic rings. The number of carbonyl (C=O) groups excluding carboxylic acids is 2. The Labute approximate surface area is 161 Å². The Hall–Kier alpha value is -1.89. The number of nitrogens with one attached hydrogen (secondary N) is 1. The van der Waals surface area contributed by atoms with Gasteiger partial charge in [-0.3, -0.25) is 9.59 Å². The number of piperidine rings is 1. The lowest BCUT2D eigenvalue weighted by atomic mass is 10.1. The molecule has 0 saturated carbocycles. The van der Waals surface area contributed by atoms with Crippen LogP contribution < -0.4 is 5.32 Å². The highest BCUT2D eigenvalue weighted by atomic mass is 127. The molecule has 0 unspecified atom stereocenters. The maximum absolute atomic E-state index is 12.5. The van der Waals surface area contributed by atoms with Crippen molar-refractivity contribution in [2.75, 3.05) is 18.4 Å². The normalized spacial score (nSPS) is 14.2. The summed E-state index contributed by atoms with van der Waals surface area (Å²) in [4.78, 5) is 26.7. The Kier molecular flexibility index (Phi) is 5.73. The Balaban J connectivity index is 1.66. The van der Waals surface area contributed by atoms with E-state index in [1.165, 1.54) is 6.42 Å². The van der Waals surface area contributed by atoms with Gasteiger partial charge in [-0.2, -0.15) is 0 Å². The molecule has 1 saturated heterocycles. The van der Waals surface area contributed by atoms with Gasteiger partial charge in [-0.05, 0) is 90.7 Å². The summed E-state index contributed by atoms with van der Waals surface area (Å²) in [7, 11) is 0. The minimum atomic E-state index is -0.145. The molecule has 1 heterocycles. The summed E-state index contributed by atoms with van der Waals surface area (Å²) >= 11 is 2.22. The van der Waals surface area contributed by atoms with Gasteiger partial charge in [0.25, 0.3) is 11.8 Å². The first-order chi connectivity index (χ1) is 12.0. The van der Waals surface area contributed by atoms with E-state index in [2.05, 4.69) is 27.9 Å². The number of hydrogen-bond donors (Lipinski definition) is 1. The molecule has 3 rings (SSSR count). The standard InChI is InChI=1S/C20H21IN2O2/c1-14-5-6-16(13-18(14)21)19(24)22-17-9-7-15(8-10-17)20(25)23-11-3-2-4-12-23/h5-10,13H,2-4,11-12H2,1H3,(H,22,24). The maximum atomic E-state index is 12.5. The van der Waals surface area contributed by atoms with Crippen molar-refractivity contribution in [3.8, 4) is 0 Å². The number of anilines is 1. The van der Waals surface area contributed by atoms with Gasteiger partial charge in [0.2, 0.25) is 0 Å². The number of hydrogen-bond acceptors (Lipinski definition) is 2. The molecule has 4 nitrogen and oxygen atoms in total. The van der Waals surface area contributed by atoms with Crippen LogP contribution >= 0.6 is 22.6 Å². The molecule has 0 radical (unpaired) electrons. The summed E-state index contributed by atoms with van der Waals surface area (Å²) in [5.74, 6) is -0.0707. The summed E-state index contributed by atoms with van der Waals surface area (Å²) in [5.41, 5.74) is 3.14. The highest BCUT2D eigenvalue weighted by molar-refractivity contribution is 14.1. The molecule has 2 aromatic carbocycles. The molecule has 0 bridgehead atoms. The van der Waals surface area contributed by atoms with Crippen molar-refractivity contribution < 1.29 is 9.59 Å². The summed E-state index contributed by atoms with van der Waals surface area (Å²) < 4.78 is 1.06. The molecule has 0 aromatic heterocycles. The van der Waals surface area contributed by atoms with Crippen molar-refractivity contribution in [3.63, 3.8) is 0 Å². The van der Waals surface area contributed by atoms with Gasteiger partial charge in [0, 0.05) is 33.5 Å². The largest absolute Gasteiger partial charge is 0.339 e. The van der Waals surface area contributed by atoms with E-state index in [4.69, 9.17) is 0 Å². The molecular weight excluding hydrogens is 427 g/mol. The number of aryl methyl sites for hydroxylation is 1. The number of rotatable bonds is 3. The summed E-state index contributed by atoms with van der Waals surface area (Å²) in [6, 6.07) is 12.8. The predicted octanol–water partition coefficient (Wildman–Crippen LogP) is 4.48. The number of halogens is 1. The molecule has 1 fully saturated rings. The van der Waals surface area contributed by atoms with Crippen LogP contribution in [-0.2, 0) is 0 Å². The van der Waals surface area contributed by atoms with Crippen LogP contribution in [0.25, 0.3) is 0 Å². The van der Waals surface area contributed by atoms with Crippen LogP contribution in [0.2, 0.25) is 0 Å². The van der Waals surface area contributed by atoms with Gasteiger partial charge >= 0.3 is 0 Å². The SMILES string of the molecule is Cc1ccc(C(=O)Nc2ccc(C(=O)N3CCCCC3)cc2)cc1I. The molecule has 0 spiro atoms. The van der Waals surface area contributed by atoms with E-state index in [0.29, 0.717) is 16.8 Å². The monoisotopic (exact) mass is 448 g/mol. The van der Waals surface area contributed by atoms with E-state index in [9.17, 15) is 9.59 Å². The minimum absolute atomic E-state index is 0.0747. The van der Waals surface area contributed by atoms with Crippen molar-refractivity contribution in [2.45, 2.75) is 26.2 Å². The zero-order valence-electron chi connectivity index (χ0n) is 14.2. The Morgan fingerprint density at radius 1 is 0.960 bits per heavy atom. The second kappa shape index (κ2) is 7.99. The van der Waals surface area contributed by atoms with Crippen LogP contribution in [0.15, 0.2) is 42.5 Å². The van der Waals surface area contributed by atoms with E-state index < -0.39 is 0 Å². The zero-order valence-corrected chi connectivity index (χ0v) is 16.4. The fourth-order valence-corrected chi connectivity index (χ4v) is 3.43. The van der Waals surface area contributed by atoms with Crippen LogP contribution in [0.3, 0.4) is 0 Å². The first-order valence-electron chi connectivity index (χ1n) is 8.51. The van der Waals surface area contributed by atoms with E-state index >= 15 is 0 Å². The van der Waals surface area contributed by atoms with Gasteiger partial charge in [-0.1, -0.05) is 6.07 Å². The molecule has 1 N–H and O–H groups in total. The van der Waals surface area contributed by atoms with Gasteiger partial charge in [-0.25, -0.2) is 0 Å². The fourth-order valence-electron chi connectivity index (χ4n) is 2.91. The summed E-state index contributed by atoms with van der Waals surface area (Å²) in [6.07, 6.45) is 3.36. The lowest BCUT2D eigenvalue weighted by Crippen LogP contribution is -2.35. The third kappa shape index (κ3) is 4.39. The molecule has 25 heavy (non-hydrogen) atoms. The number of benzene rings is 2. The first-order valence-corrected chi connectivity index (χ1v) is 9.59. The first kappa shape index (κ1) is 17.9. The molecule has 1 aliphatic rings. The smallest absolute Gasteiger partial charge is 0.255 e. The number of amides is 2. The van der Waals surface area contributed by atoms with Gasteiger partial charge in [0.1, 0.15) is 0 Å². The lowest BCUT2D eigenvalue weighted by Gasteiger charge is -2.26. The fraction of sp³-hybridized carbons (Fsp3) is 0.300. The van der Waals surface area contributed by atoms with Crippen molar-refractivity contribution in [1.29, 1.82) is 0 Å². The minimum Gasteiger partial charge on any atom is -0.339 e. The highest BCUT2D eigenvalue weighted by Gasteiger charge is 2.18. The van der Waals surface area contributed by atoms with E-state index in [-0.39, 0.29) is 11.8 Å². The van der Waals surface area contributed by atoms with Crippen LogP contribution in [-0.4, -0.2) is 29.8 Å². The highest BCUT2D eigenvalue weighted by Crippen LogP contribution is 2.18. The van der Waals surface area contributed by atoms with E-state index in [1.54, 1.807) is 24.3 Å². The second-order valence-electron chi connectivity index (χ2n) is 6.35. The number of likely N-dealkylation sites (tertiary alicyclic amines) is 1. The average molecular weight is 448 g/mol. The van der Waals surface area contributed by atoms with Crippen LogP contribution in [0, 0.1) is 10.5 Å². The van der Waals surface area contributed by atoms with Gasteiger partial charge in [-0.15, -0.1) is 0 Å². The van der Waals surface area contributed by atoms with E-state index in [0.717, 1.165) is 35.1 Å². The Bertz CT molecular complexity index is 781. The third-order valence-electron chi connectivity index (χ3n) is 4.47. The topological polar surface area (TPSA) is 49.4 Å². The van der Waals surface area contributed by atoms with Gasteiger partial charge < -0.3 is 10.2 Å². The molecule has 5 heteroatoms. The zero-order chi connectivity index (χ0) is 17.8. The van der Waals surface area contributed by atoms with Crippen LogP contribution in [0.5, 0.6) is 0 Å². The quantitative estimate of drug-likeness (QED) is 0.705. The molecular formula is C20H21IN2O2. The Morgan fingerprint density at radius 2 is 1.60 bits per heavy atom. The van der Waals surface area contributed by atoms with Crippen molar-refractivity contribution in [1.82, 2.24) is 4.90 Å². The number of nitrogens with zero attached hydrogens (tertiary/aromatic N) is 1.